The lowest BCUT2D eigenvalue weighted by Gasteiger charge is -2.11. The molecule has 2 aromatic carbocycles. The molecule has 4 aromatic rings. The number of nitrogens with one attached hydrogen (secondary N) is 1. The lowest BCUT2D eigenvalue weighted by Crippen LogP contribution is -2.13. The molecule has 1 N–H and O–H groups in total. The van der Waals surface area contributed by atoms with Gasteiger partial charge in [-0.25, -0.2) is 4.98 Å². The predicted molar refractivity (Wildman–Crippen MR) is 124 cm³/mol. The first-order valence-corrected chi connectivity index (χ1v) is 10.0. The van der Waals surface area contributed by atoms with Gasteiger partial charge in [0.05, 0.1) is 18.3 Å². The molecule has 0 aliphatic heterocycles. The molecule has 4 rings (SSSR count). The van der Waals surface area contributed by atoms with Crippen LogP contribution in [0.15, 0.2) is 60.7 Å². The zero-order valence-electron chi connectivity index (χ0n) is 18.0. The summed E-state index contributed by atoms with van der Waals surface area (Å²) in [6, 6.07) is 17.4. The minimum absolute atomic E-state index is 0.245. The molecular weight excluding hydrogens is 388 g/mol. The second-order valence-corrected chi connectivity index (χ2v) is 7.45. The van der Waals surface area contributed by atoms with Crippen LogP contribution in [0.25, 0.3) is 22.8 Å². The average Bonchev–Trinajstić information content (AvgIpc) is 3.13. The first-order valence-electron chi connectivity index (χ1n) is 10.0. The zero-order valence-corrected chi connectivity index (χ0v) is 18.0. The highest BCUT2D eigenvalue weighted by atomic mass is 16.5. The molecule has 0 unspecified atom stereocenters. The number of hydrogen-bond acceptors (Lipinski definition) is 4. The van der Waals surface area contributed by atoms with Crippen LogP contribution in [-0.4, -0.2) is 27.8 Å². The van der Waals surface area contributed by atoms with Gasteiger partial charge >= 0.3 is 0 Å². The smallest absolute Gasteiger partial charge is 0.249 e. The van der Waals surface area contributed by atoms with Gasteiger partial charge in [-0.2, -0.15) is 9.78 Å². The van der Waals surface area contributed by atoms with Crippen LogP contribution in [-0.2, 0) is 4.79 Å². The number of anilines is 1. The molecule has 0 atom stereocenters. The number of hydrogen-bond donors (Lipinski definition) is 1. The summed E-state index contributed by atoms with van der Waals surface area (Å²) >= 11 is 0. The number of benzene rings is 2. The summed E-state index contributed by atoms with van der Waals surface area (Å²) in [5.74, 6) is 1.77. The molecule has 0 saturated heterocycles. The van der Waals surface area contributed by atoms with E-state index in [1.54, 1.807) is 17.9 Å². The summed E-state index contributed by atoms with van der Waals surface area (Å²) in [7, 11) is 1.62. The number of nitrogens with zero attached hydrogens (tertiary/aromatic N) is 3. The van der Waals surface area contributed by atoms with Gasteiger partial charge in [-0.3, -0.25) is 4.79 Å². The van der Waals surface area contributed by atoms with Crippen LogP contribution in [0.3, 0.4) is 0 Å². The second kappa shape index (κ2) is 8.44. The minimum atomic E-state index is -0.245. The third kappa shape index (κ3) is 4.33. The van der Waals surface area contributed by atoms with Crippen molar-refractivity contribution in [3.8, 4) is 11.6 Å². The van der Waals surface area contributed by atoms with Gasteiger partial charge in [0, 0.05) is 17.5 Å². The van der Waals surface area contributed by atoms with Crippen LogP contribution in [0.4, 0.5) is 5.82 Å². The van der Waals surface area contributed by atoms with Crippen molar-refractivity contribution in [2.24, 2.45) is 0 Å². The molecule has 1 amide bonds. The molecule has 0 aliphatic rings. The average molecular weight is 412 g/mol. The number of rotatable bonds is 5. The molecular formula is C25H24N4O2. The maximum Gasteiger partial charge on any atom is 0.249 e. The van der Waals surface area contributed by atoms with Crippen molar-refractivity contribution in [3.63, 3.8) is 0 Å². The number of amides is 1. The SMILES string of the molecule is COc1ccc(/C=C/C(=O)Nc2cc(C)nn2-c2cc(C)c3cccc(C)c3n2)cc1. The van der Waals surface area contributed by atoms with Gasteiger partial charge in [-0.15, -0.1) is 0 Å². The third-order valence-electron chi connectivity index (χ3n) is 5.08. The molecule has 2 heterocycles. The molecule has 0 saturated carbocycles. The number of pyridine rings is 1. The summed E-state index contributed by atoms with van der Waals surface area (Å²) in [5.41, 5.74) is 4.83. The minimum Gasteiger partial charge on any atom is -0.497 e. The number of aryl methyl sites for hydroxylation is 3. The standard InChI is InChI=1S/C25H24N4O2/c1-16-6-5-7-21-17(2)14-22(27-25(16)21)29-23(15-18(3)28-29)26-24(30)13-10-19-8-11-20(31-4)12-9-19/h5-15H,1-4H3,(H,26,30)/b13-10+. The van der Waals surface area contributed by atoms with E-state index in [-0.39, 0.29) is 5.91 Å². The third-order valence-corrected chi connectivity index (χ3v) is 5.08. The fourth-order valence-corrected chi connectivity index (χ4v) is 3.47. The Morgan fingerprint density at radius 3 is 2.55 bits per heavy atom. The van der Waals surface area contributed by atoms with Crippen molar-refractivity contribution >= 4 is 28.7 Å². The highest BCUT2D eigenvalue weighted by Gasteiger charge is 2.13. The largest absolute Gasteiger partial charge is 0.497 e. The fraction of sp³-hybridized carbons (Fsp3) is 0.160. The number of carbonyl (C=O) groups is 1. The van der Waals surface area contributed by atoms with Crippen molar-refractivity contribution in [1.82, 2.24) is 14.8 Å². The topological polar surface area (TPSA) is 69.0 Å². The number of ether oxygens (including phenoxy) is 1. The lowest BCUT2D eigenvalue weighted by atomic mass is 10.1. The first kappa shape index (κ1) is 20.3. The van der Waals surface area contributed by atoms with Crippen LogP contribution in [0.5, 0.6) is 5.75 Å². The summed E-state index contributed by atoms with van der Waals surface area (Å²) in [6.45, 7) is 5.98. The summed E-state index contributed by atoms with van der Waals surface area (Å²) in [4.78, 5) is 17.4. The van der Waals surface area contributed by atoms with Gasteiger partial charge in [0.2, 0.25) is 5.91 Å². The van der Waals surface area contributed by atoms with Crippen LogP contribution in [0.2, 0.25) is 0 Å². The number of aromatic nitrogens is 3. The van der Waals surface area contributed by atoms with E-state index in [0.29, 0.717) is 11.6 Å². The van der Waals surface area contributed by atoms with Crippen LogP contribution >= 0.6 is 0 Å². The summed E-state index contributed by atoms with van der Waals surface area (Å²) in [5, 5.41) is 8.58. The molecule has 0 radical (unpaired) electrons. The maximum absolute atomic E-state index is 12.6. The highest BCUT2D eigenvalue weighted by Crippen LogP contribution is 2.24. The van der Waals surface area contributed by atoms with E-state index in [0.717, 1.165) is 39.0 Å². The van der Waals surface area contributed by atoms with Crippen LogP contribution < -0.4 is 10.1 Å². The predicted octanol–water partition coefficient (Wildman–Crippen LogP) is 5.01. The monoisotopic (exact) mass is 412 g/mol. The quantitative estimate of drug-likeness (QED) is 0.468. The molecule has 0 aliphatic carbocycles. The van der Waals surface area contributed by atoms with E-state index in [1.807, 2.05) is 62.4 Å². The van der Waals surface area contributed by atoms with Crippen LogP contribution in [0.1, 0.15) is 22.4 Å². The van der Waals surface area contributed by atoms with Gasteiger partial charge in [0.15, 0.2) is 5.82 Å². The molecule has 31 heavy (non-hydrogen) atoms. The number of para-hydroxylation sites is 1. The number of methoxy groups -OCH3 is 1. The molecule has 0 spiro atoms. The van der Waals surface area contributed by atoms with Gasteiger partial charge in [0.25, 0.3) is 0 Å². The Bertz CT molecular complexity index is 1290. The Kier molecular flexibility index (Phi) is 5.54. The summed E-state index contributed by atoms with van der Waals surface area (Å²) < 4.78 is 6.83. The van der Waals surface area contributed by atoms with E-state index >= 15 is 0 Å². The van der Waals surface area contributed by atoms with E-state index in [1.165, 1.54) is 6.08 Å². The zero-order chi connectivity index (χ0) is 22.0. The maximum atomic E-state index is 12.6. The fourth-order valence-electron chi connectivity index (χ4n) is 3.47. The number of carbonyl (C=O) groups excluding carboxylic acids is 1. The normalized spacial score (nSPS) is 11.2. The Morgan fingerprint density at radius 1 is 1.03 bits per heavy atom. The molecule has 156 valence electrons. The van der Waals surface area contributed by atoms with Crippen molar-refractivity contribution in [2.45, 2.75) is 20.8 Å². The van der Waals surface area contributed by atoms with E-state index < -0.39 is 0 Å². The number of fused-ring (bicyclic) bond motifs is 1. The Labute approximate surface area is 181 Å². The van der Waals surface area contributed by atoms with Crippen molar-refractivity contribution in [1.29, 1.82) is 0 Å². The van der Waals surface area contributed by atoms with Gasteiger partial charge < -0.3 is 10.1 Å². The molecule has 6 nitrogen and oxygen atoms in total. The molecule has 0 bridgehead atoms. The first-order chi connectivity index (χ1) is 14.9. The van der Waals surface area contributed by atoms with Gasteiger partial charge in [-0.1, -0.05) is 30.3 Å². The van der Waals surface area contributed by atoms with E-state index in [4.69, 9.17) is 9.72 Å². The lowest BCUT2D eigenvalue weighted by molar-refractivity contribution is -0.111. The molecule has 0 fully saturated rings. The van der Waals surface area contributed by atoms with Crippen molar-refractivity contribution in [2.75, 3.05) is 12.4 Å². The van der Waals surface area contributed by atoms with Gasteiger partial charge in [-0.05, 0) is 61.7 Å². The van der Waals surface area contributed by atoms with E-state index in [9.17, 15) is 4.79 Å². The van der Waals surface area contributed by atoms with Crippen molar-refractivity contribution < 1.29 is 9.53 Å². The summed E-state index contributed by atoms with van der Waals surface area (Å²) in [6.07, 6.45) is 3.25. The molecule has 2 aromatic heterocycles. The Balaban J connectivity index is 1.61. The Hall–Kier alpha value is -3.93. The van der Waals surface area contributed by atoms with Crippen LogP contribution in [0, 0.1) is 20.8 Å². The second-order valence-electron chi connectivity index (χ2n) is 7.45. The van der Waals surface area contributed by atoms with E-state index in [2.05, 4.69) is 23.4 Å². The Morgan fingerprint density at radius 2 is 1.81 bits per heavy atom. The highest BCUT2D eigenvalue weighted by molar-refractivity contribution is 6.01. The van der Waals surface area contributed by atoms with Crippen molar-refractivity contribution in [3.05, 3.63) is 83.1 Å². The molecule has 6 heteroatoms. The van der Waals surface area contributed by atoms with Gasteiger partial charge in [0.1, 0.15) is 11.6 Å².